The summed E-state index contributed by atoms with van der Waals surface area (Å²) in [6.07, 6.45) is 0.494. The van der Waals surface area contributed by atoms with Gasteiger partial charge in [-0.05, 0) is 18.1 Å². The lowest BCUT2D eigenvalue weighted by molar-refractivity contribution is -0.133. The van der Waals surface area contributed by atoms with Crippen LogP contribution in [0.25, 0.3) is 0 Å². The van der Waals surface area contributed by atoms with Crippen LogP contribution in [0.5, 0.6) is 0 Å². The summed E-state index contributed by atoms with van der Waals surface area (Å²) < 4.78 is 27.0. The fourth-order valence-corrected chi connectivity index (χ4v) is 3.51. The number of benzene rings is 2. The maximum absolute atomic E-state index is 13.9. The van der Waals surface area contributed by atoms with E-state index in [0.717, 1.165) is 23.5 Å². The Morgan fingerprint density at radius 1 is 1.14 bits per heavy atom. The second-order valence-corrected chi connectivity index (χ2v) is 6.90. The highest BCUT2D eigenvalue weighted by atomic mass is 19.1. The van der Waals surface area contributed by atoms with E-state index in [1.165, 1.54) is 0 Å². The number of imide groups is 1. The topological polar surface area (TPSA) is 69.6 Å². The molecule has 1 aliphatic heterocycles. The molecule has 2 aromatic carbocycles. The van der Waals surface area contributed by atoms with Gasteiger partial charge in [-0.2, -0.15) is 0 Å². The first-order chi connectivity index (χ1) is 13.4. The number of β-amino-alcohol motifs (C(OH)–C–C–N with tert-alkyl or cyclic N) is 1. The van der Waals surface area contributed by atoms with Crippen molar-refractivity contribution >= 4 is 11.9 Å². The van der Waals surface area contributed by atoms with Crippen molar-refractivity contribution in [1.82, 2.24) is 10.2 Å². The van der Waals surface area contributed by atoms with Crippen molar-refractivity contribution in [2.45, 2.75) is 37.8 Å². The lowest BCUT2D eigenvalue weighted by Gasteiger charge is -2.27. The van der Waals surface area contributed by atoms with Gasteiger partial charge in [0.25, 0.3) is 5.91 Å². The molecule has 1 heterocycles. The smallest absolute Gasteiger partial charge is 0.325 e. The van der Waals surface area contributed by atoms with Crippen LogP contribution in [0.4, 0.5) is 13.6 Å². The Bertz CT molecular complexity index is 875. The van der Waals surface area contributed by atoms with Crippen molar-refractivity contribution in [3.63, 3.8) is 0 Å². The number of aliphatic hydroxyl groups is 1. The van der Waals surface area contributed by atoms with Crippen LogP contribution in [-0.2, 0) is 10.3 Å². The van der Waals surface area contributed by atoms with Crippen molar-refractivity contribution in [2.24, 2.45) is 0 Å². The molecule has 0 aromatic heterocycles. The fourth-order valence-electron chi connectivity index (χ4n) is 3.51. The molecule has 7 heteroatoms. The van der Waals surface area contributed by atoms with Gasteiger partial charge in [-0.15, -0.1) is 0 Å². The van der Waals surface area contributed by atoms with Gasteiger partial charge in [0, 0.05) is 11.6 Å². The molecule has 5 nitrogen and oxygen atoms in total. The predicted molar refractivity (Wildman–Crippen MR) is 99.2 cm³/mol. The monoisotopic (exact) mass is 388 g/mol. The van der Waals surface area contributed by atoms with E-state index in [1.54, 1.807) is 24.3 Å². The van der Waals surface area contributed by atoms with Gasteiger partial charge in [0.2, 0.25) is 0 Å². The molecule has 1 aliphatic rings. The summed E-state index contributed by atoms with van der Waals surface area (Å²) in [4.78, 5) is 26.7. The van der Waals surface area contributed by atoms with Crippen LogP contribution in [-0.4, -0.2) is 28.5 Å². The minimum atomic E-state index is -1.46. The van der Waals surface area contributed by atoms with Gasteiger partial charge in [-0.3, -0.25) is 9.69 Å². The third-order valence-electron chi connectivity index (χ3n) is 5.02. The first kappa shape index (κ1) is 19.9. The number of nitrogens with one attached hydrogen (secondary N) is 1. The molecule has 2 N–H and O–H groups in total. The molecular weight excluding hydrogens is 366 g/mol. The SMILES string of the molecule is CCCCC1(c2ccccc2)NC(=O)N(CC(O)c2ccc(F)cc2F)C1=O. The fraction of sp³-hybridized carbons (Fsp3) is 0.333. The molecule has 1 saturated heterocycles. The molecule has 1 fully saturated rings. The van der Waals surface area contributed by atoms with Crippen molar-refractivity contribution in [3.8, 4) is 0 Å². The second kappa shape index (κ2) is 8.06. The summed E-state index contributed by atoms with van der Waals surface area (Å²) in [5.41, 5.74) is -0.727. The highest BCUT2D eigenvalue weighted by molar-refractivity contribution is 6.07. The van der Waals surface area contributed by atoms with Crippen molar-refractivity contribution in [3.05, 3.63) is 71.3 Å². The highest BCUT2D eigenvalue weighted by Crippen LogP contribution is 2.35. The molecule has 2 unspecified atom stereocenters. The average Bonchev–Trinajstić information content (AvgIpc) is 2.92. The first-order valence-corrected chi connectivity index (χ1v) is 9.21. The van der Waals surface area contributed by atoms with E-state index in [0.29, 0.717) is 24.5 Å². The van der Waals surface area contributed by atoms with Gasteiger partial charge in [-0.25, -0.2) is 13.6 Å². The Kier molecular flexibility index (Phi) is 5.74. The largest absolute Gasteiger partial charge is 0.386 e. The zero-order valence-electron chi connectivity index (χ0n) is 15.5. The number of carbonyl (C=O) groups excluding carboxylic acids is 2. The maximum Gasteiger partial charge on any atom is 0.325 e. The molecule has 28 heavy (non-hydrogen) atoms. The molecular formula is C21H22F2N2O3. The zero-order chi connectivity index (χ0) is 20.3. The predicted octanol–water partition coefficient (Wildman–Crippen LogP) is 3.64. The van der Waals surface area contributed by atoms with Gasteiger partial charge < -0.3 is 10.4 Å². The number of nitrogens with zero attached hydrogens (tertiary/aromatic N) is 1. The Morgan fingerprint density at radius 2 is 1.86 bits per heavy atom. The standard InChI is InChI=1S/C21H22F2N2O3/c1-2-3-11-21(14-7-5-4-6-8-14)19(27)25(20(28)24-21)13-18(26)16-10-9-15(22)12-17(16)23/h4-10,12,18,26H,2-3,11,13H2,1H3,(H,24,28). The minimum Gasteiger partial charge on any atom is -0.386 e. The molecule has 3 amide bonds. The Balaban J connectivity index is 1.88. The molecule has 2 aromatic rings. The molecule has 0 saturated carbocycles. The summed E-state index contributed by atoms with van der Waals surface area (Å²) in [5.74, 6) is -2.19. The number of urea groups is 1. The number of amides is 3. The summed E-state index contributed by atoms with van der Waals surface area (Å²) in [5, 5.41) is 13.1. The van der Waals surface area contributed by atoms with Crippen LogP contribution in [0.3, 0.4) is 0 Å². The van der Waals surface area contributed by atoms with E-state index >= 15 is 0 Å². The van der Waals surface area contributed by atoms with Gasteiger partial charge >= 0.3 is 6.03 Å². The molecule has 3 rings (SSSR count). The van der Waals surface area contributed by atoms with Crippen LogP contribution in [0.1, 0.15) is 43.4 Å². The summed E-state index contributed by atoms with van der Waals surface area (Å²) in [7, 11) is 0. The molecule has 0 spiro atoms. The van der Waals surface area contributed by atoms with Crippen LogP contribution in [0.15, 0.2) is 48.5 Å². The maximum atomic E-state index is 13.9. The number of aliphatic hydroxyl groups excluding tert-OH is 1. The number of carbonyl (C=O) groups is 2. The quantitative estimate of drug-likeness (QED) is 0.712. The lowest BCUT2D eigenvalue weighted by atomic mass is 9.85. The van der Waals surface area contributed by atoms with Crippen LogP contribution < -0.4 is 5.32 Å². The van der Waals surface area contributed by atoms with E-state index in [9.17, 15) is 23.5 Å². The van der Waals surface area contributed by atoms with Crippen molar-refractivity contribution < 1.29 is 23.5 Å². The number of unbranched alkanes of at least 4 members (excludes halogenated alkanes) is 1. The lowest BCUT2D eigenvalue weighted by Crippen LogP contribution is -2.44. The zero-order valence-corrected chi connectivity index (χ0v) is 15.5. The van der Waals surface area contributed by atoms with Crippen LogP contribution in [0.2, 0.25) is 0 Å². The molecule has 0 radical (unpaired) electrons. The van der Waals surface area contributed by atoms with E-state index in [4.69, 9.17) is 0 Å². The second-order valence-electron chi connectivity index (χ2n) is 6.90. The van der Waals surface area contributed by atoms with Crippen LogP contribution in [0, 0.1) is 11.6 Å². The minimum absolute atomic E-state index is 0.173. The number of halogens is 2. The number of rotatable bonds is 7. The number of hydrogen-bond donors (Lipinski definition) is 2. The van der Waals surface area contributed by atoms with E-state index in [-0.39, 0.29) is 5.56 Å². The van der Waals surface area contributed by atoms with Crippen molar-refractivity contribution in [1.29, 1.82) is 0 Å². The van der Waals surface area contributed by atoms with Crippen molar-refractivity contribution in [2.75, 3.05) is 6.54 Å². The Labute approximate surface area is 162 Å². The molecule has 148 valence electrons. The van der Waals surface area contributed by atoms with E-state index in [2.05, 4.69) is 5.32 Å². The van der Waals surface area contributed by atoms with E-state index < -0.39 is 41.8 Å². The Hall–Kier alpha value is -2.80. The normalized spacial score (nSPS) is 20.4. The third kappa shape index (κ3) is 3.62. The highest BCUT2D eigenvalue weighted by Gasteiger charge is 2.52. The van der Waals surface area contributed by atoms with Gasteiger partial charge in [-0.1, -0.05) is 56.2 Å². The average molecular weight is 388 g/mol. The summed E-state index contributed by atoms with van der Waals surface area (Å²) in [6.45, 7) is 1.56. The van der Waals surface area contributed by atoms with Gasteiger partial charge in [0.05, 0.1) is 12.6 Å². The molecule has 2 atom stereocenters. The Morgan fingerprint density at radius 3 is 2.50 bits per heavy atom. The summed E-state index contributed by atoms with van der Waals surface area (Å²) >= 11 is 0. The summed E-state index contributed by atoms with van der Waals surface area (Å²) in [6, 6.07) is 11.1. The number of hydrogen-bond acceptors (Lipinski definition) is 3. The third-order valence-corrected chi connectivity index (χ3v) is 5.02. The molecule has 0 aliphatic carbocycles. The van der Waals surface area contributed by atoms with E-state index in [1.807, 2.05) is 13.0 Å². The van der Waals surface area contributed by atoms with Gasteiger partial charge in [0.15, 0.2) is 0 Å². The van der Waals surface area contributed by atoms with Crippen LogP contribution >= 0.6 is 0 Å². The van der Waals surface area contributed by atoms with Gasteiger partial charge in [0.1, 0.15) is 17.2 Å². The molecule has 0 bridgehead atoms. The first-order valence-electron chi connectivity index (χ1n) is 9.21.